The molecule has 0 N–H and O–H groups in total. The Balaban J connectivity index is 2.00. The summed E-state index contributed by atoms with van der Waals surface area (Å²) >= 11 is 0. The number of rotatable bonds is 5. The zero-order valence-electron chi connectivity index (χ0n) is 11.7. The van der Waals surface area contributed by atoms with Gasteiger partial charge in [0.15, 0.2) is 0 Å². The van der Waals surface area contributed by atoms with Crippen LogP contribution in [0.1, 0.15) is 13.8 Å². The molecule has 0 fully saturated rings. The number of para-hydroxylation sites is 1. The van der Waals surface area contributed by atoms with E-state index in [2.05, 4.69) is 0 Å². The fraction of sp³-hybridized carbons (Fsp3) is 0.111. The van der Waals surface area contributed by atoms with Crippen molar-refractivity contribution < 1.29 is 9.47 Å². The lowest BCUT2D eigenvalue weighted by Gasteiger charge is -2.08. The van der Waals surface area contributed by atoms with Crippen LogP contribution in [0, 0.1) is 0 Å². The van der Waals surface area contributed by atoms with Gasteiger partial charge in [-0.2, -0.15) is 0 Å². The molecule has 2 aromatic carbocycles. The van der Waals surface area contributed by atoms with Gasteiger partial charge in [-0.15, -0.1) is 0 Å². The van der Waals surface area contributed by atoms with E-state index in [4.69, 9.17) is 9.47 Å². The zero-order chi connectivity index (χ0) is 14.2. The minimum atomic E-state index is 0.790. The van der Waals surface area contributed by atoms with Crippen molar-refractivity contribution in [3.8, 4) is 17.2 Å². The molecule has 0 aliphatic heterocycles. The topological polar surface area (TPSA) is 18.5 Å². The summed E-state index contributed by atoms with van der Waals surface area (Å²) in [6.07, 6.45) is 5.83. The van der Waals surface area contributed by atoms with Gasteiger partial charge in [-0.3, -0.25) is 0 Å². The van der Waals surface area contributed by atoms with Crippen LogP contribution in [0.5, 0.6) is 17.2 Å². The molecule has 0 aromatic heterocycles. The van der Waals surface area contributed by atoms with Crippen LogP contribution in [-0.4, -0.2) is 0 Å². The molecule has 0 bridgehead atoms. The SMILES string of the molecule is C/C=C\C=C(/C)Oc1ccc(Oc2ccccc2)cc1. The highest BCUT2D eigenvalue weighted by Crippen LogP contribution is 2.24. The number of hydrogen-bond acceptors (Lipinski definition) is 2. The summed E-state index contributed by atoms with van der Waals surface area (Å²) in [7, 11) is 0. The highest BCUT2D eigenvalue weighted by molar-refractivity contribution is 5.35. The Morgan fingerprint density at radius 1 is 0.850 bits per heavy atom. The minimum Gasteiger partial charge on any atom is -0.462 e. The molecule has 102 valence electrons. The zero-order valence-corrected chi connectivity index (χ0v) is 11.7. The highest BCUT2D eigenvalue weighted by atomic mass is 16.5. The van der Waals surface area contributed by atoms with Crippen molar-refractivity contribution in [3.05, 3.63) is 78.6 Å². The third kappa shape index (κ3) is 4.32. The second kappa shape index (κ2) is 7.19. The molecule has 0 aliphatic rings. The predicted octanol–water partition coefficient (Wildman–Crippen LogP) is 5.34. The first kappa shape index (κ1) is 13.9. The van der Waals surface area contributed by atoms with E-state index in [1.165, 1.54) is 0 Å². The van der Waals surface area contributed by atoms with Gasteiger partial charge in [0, 0.05) is 0 Å². The van der Waals surface area contributed by atoms with E-state index in [1.807, 2.05) is 86.7 Å². The third-order valence-electron chi connectivity index (χ3n) is 2.60. The Hall–Kier alpha value is -2.48. The van der Waals surface area contributed by atoms with Crippen molar-refractivity contribution in [3.63, 3.8) is 0 Å². The molecule has 0 atom stereocenters. The first-order chi connectivity index (χ1) is 9.78. The van der Waals surface area contributed by atoms with Crippen molar-refractivity contribution in [2.75, 3.05) is 0 Å². The van der Waals surface area contributed by atoms with E-state index in [-0.39, 0.29) is 0 Å². The van der Waals surface area contributed by atoms with Crippen LogP contribution in [-0.2, 0) is 0 Å². The summed E-state index contributed by atoms with van der Waals surface area (Å²) in [5.74, 6) is 3.26. The molecule has 0 amide bonds. The van der Waals surface area contributed by atoms with Crippen LogP contribution in [0.15, 0.2) is 78.6 Å². The van der Waals surface area contributed by atoms with E-state index in [1.54, 1.807) is 0 Å². The molecule has 0 heterocycles. The van der Waals surface area contributed by atoms with Gasteiger partial charge in [-0.1, -0.05) is 30.4 Å². The highest BCUT2D eigenvalue weighted by Gasteiger charge is 1.98. The number of allylic oxidation sites excluding steroid dienone is 4. The predicted molar refractivity (Wildman–Crippen MR) is 82.2 cm³/mol. The van der Waals surface area contributed by atoms with E-state index < -0.39 is 0 Å². The van der Waals surface area contributed by atoms with Crippen molar-refractivity contribution in [2.24, 2.45) is 0 Å². The van der Waals surface area contributed by atoms with Crippen LogP contribution in [0.25, 0.3) is 0 Å². The average molecular weight is 266 g/mol. The van der Waals surface area contributed by atoms with Crippen LogP contribution in [0.4, 0.5) is 0 Å². The molecular formula is C18H18O2. The van der Waals surface area contributed by atoms with Crippen LogP contribution >= 0.6 is 0 Å². The Morgan fingerprint density at radius 3 is 2.10 bits per heavy atom. The maximum Gasteiger partial charge on any atom is 0.127 e. The van der Waals surface area contributed by atoms with Crippen LogP contribution in [0.3, 0.4) is 0 Å². The molecule has 2 nitrogen and oxygen atoms in total. The summed E-state index contributed by atoms with van der Waals surface area (Å²) in [6, 6.07) is 17.3. The first-order valence-electron chi connectivity index (χ1n) is 6.58. The normalized spacial score (nSPS) is 11.6. The summed E-state index contributed by atoms with van der Waals surface area (Å²) in [6.45, 7) is 3.90. The molecule has 2 aromatic rings. The maximum atomic E-state index is 5.72. The monoisotopic (exact) mass is 266 g/mol. The molecule has 2 rings (SSSR count). The Morgan fingerprint density at radius 2 is 1.45 bits per heavy atom. The van der Waals surface area contributed by atoms with E-state index in [9.17, 15) is 0 Å². The van der Waals surface area contributed by atoms with Gasteiger partial charge in [0.05, 0.1) is 0 Å². The maximum absolute atomic E-state index is 5.72. The fourth-order valence-corrected chi connectivity index (χ4v) is 1.65. The Kier molecular flexibility index (Phi) is 5.01. The van der Waals surface area contributed by atoms with Crippen molar-refractivity contribution in [1.29, 1.82) is 0 Å². The fourth-order valence-electron chi connectivity index (χ4n) is 1.65. The molecule has 0 spiro atoms. The number of ether oxygens (including phenoxy) is 2. The van der Waals surface area contributed by atoms with Crippen molar-refractivity contribution in [1.82, 2.24) is 0 Å². The van der Waals surface area contributed by atoms with Gasteiger partial charge in [-0.25, -0.2) is 0 Å². The van der Waals surface area contributed by atoms with Gasteiger partial charge >= 0.3 is 0 Å². The molecule has 0 radical (unpaired) electrons. The van der Waals surface area contributed by atoms with Crippen molar-refractivity contribution in [2.45, 2.75) is 13.8 Å². The lowest BCUT2D eigenvalue weighted by atomic mass is 10.3. The van der Waals surface area contributed by atoms with Gasteiger partial charge < -0.3 is 9.47 Å². The van der Waals surface area contributed by atoms with Crippen LogP contribution < -0.4 is 9.47 Å². The Bertz CT molecular complexity index is 581. The molecule has 0 aliphatic carbocycles. The summed E-state index contributed by atoms with van der Waals surface area (Å²) in [4.78, 5) is 0. The van der Waals surface area contributed by atoms with Crippen LogP contribution in [0.2, 0.25) is 0 Å². The van der Waals surface area contributed by atoms with E-state index >= 15 is 0 Å². The molecule has 20 heavy (non-hydrogen) atoms. The lowest BCUT2D eigenvalue weighted by molar-refractivity contribution is 0.425. The van der Waals surface area contributed by atoms with E-state index in [0.717, 1.165) is 23.0 Å². The van der Waals surface area contributed by atoms with Crippen molar-refractivity contribution >= 4 is 0 Å². The van der Waals surface area contributed by atoms with Gasteiger partial charge in [0.2, 0.25) is 0 Å². The lowest BCUT2D eigenvalue weighted by Crippen LogP contribution is -1.90. The van der Waals surface area contributed by atoms with Gasteiger partial charge in [-0.05, 0) is 56.3 Å². The summed E-state index contributed by atoms with van der Waals surface area (Å²) in [5.41, 5.74) is 0. The standard InChI is InChI=1S/C18H18O2/c1-3-4-8-15(2)19-17-11-13-18(14-12-17)20-16-9-6-5-7-10-16/h3-14H,1-2H3/b4-3-,15-8+. The molecular weight excluding hydrogens is 248 g/mol. The molecule has 0 saturated heterocycles. The second-order valence-corrected chi connectivity index (χ2v) is 4.29. The third-order valence-corrected chi connectivity index (χ3v) is 2.60. The number of hydrogen-bond donors (Lipinski definition) is 0. The van der Waals surface area contributed by atoms with E-state index in [0.29, 0.717) is 0 Å². The van der Waals surface area contributed by atoms with Gasteiger partial charge in [0.1, 0.15) is 23.0 Å². The quantitative estimate of drug-likeness (QED) is 0.537. The Labute approximate surface area is 120 Å². The first-order valence-corrected chi connectivity index (χ1v) is 6.58. The largest absolute Gasteiger partial charge is 0.462 e. The summed E-state index contributed by atoms with van der Waals surface area (Å²) < 4.78 is 11.4. The number of benzene rings is 2. The summed E-state index contributed by atoms with van der Waals surface area (Å²) in [5, 5.41) is 0. The molecule has 0 saturated carbocycles. The smallest absolute Gasteiger partial charge is 0.127 e. The molecule has 2 heteroatoms. The van der Waals surface area contributed by atoms with Gasteiger partial charge in [0.25, 0.3) is 0 Å². The average Bonchev–Trinajstić information content (AvgIpc) is 2.48. The minimum absolute atomic E-state index is 0.790. The molecule has 0 unspecified atom stereocenters. The second-order valence-electron chi connectivity index (χ2n) is 4.29.